The maximum Gasteiger partial charge on any atom is 0.328 e. The summed E-state index contributed by atoms with van der Waals surface area (Å²) in [7, 11) is 0. The minimum atomic E-state index is -1.31. The van der Waals surface area contributed by atoms with Gasteiger partial charge in [-0.2, -0.15) is 0 Å². The Morgan fingerprint density at radius 3 is 2.46 bits per heavy atom. The van der Waals surface area contributed by atoms with Crippen molar-refractivity contribution in [1.82, 2.24) is 0 Å². The van der Waals surface area contributed by atoms with E-state index in [1.54, 1.807) is 13.8 Å². The molecule has 5 heteroatoms. The normalized spacial score (nSPS) is 31.5. The summed E-state index contributed by atoms with van der Waals surface area (Å²) in [6.45, 7) is 3.38. The highest BCUT2D eigenvalue weighted by Crippen LogP contribution is 2.50. The molecule has 74 valence electrons. The van der Waals surface area contributed by atoms with Crippen LogP contribution in [0.2, 0.25) is 0 Å². The largest absolute Gasteiger partial charge is 0.481 e. The Morgan fingerprint density at radius 1 is 1.62 bits per heavy atom. The van der Waals surface area contributed by atoms with Crippen molar-refractivity contribution in [2.24, 2.45) is 5.92 Å². The maximum absolute atomic E-state index is 11.2. The molecule has 1 N–H and O–H groups in total. The second kappa shape index (κ2) is 3.18. The molecular formula is C8H11ClO4. The molecule has 1 saturated carbocycles. The minimum Gasteiger partial charge on any atom is -0.481 e. The van der Waals surface area contributed by atoms with Gasteiger partial charge in [0.05, 0.1) is 12.0 Å². The smallest absolute Gasteiger partial charge is 0.328 e. The van der Waals surface area contributed by atoms with E-state index in [-0.39, 0.29) is 12.5 Å². The van der Waals surface area contributed by atoms with Crippen LogP contribution in [0.15, 0.2) is 0 Å². The van der Waals surface area contributed by atoms with Gasteiger partial charge in [-0.15, -0.1) is 11.6 Å². The van der Waals surface area contributed by atoms with Crippen LogP contribution in [0, 0.1) is 5.92 Å². The second-order valence-corrected chi connectivity index (χ2v) is 4.09. The second-order valence-electron chi connectivity index (χ2n) is 3.41. The van der Waals surface area contributed by atoms with Crippen LogP contribution in [-0.2, 0) is 14.3 Å². The Bertz CT molecular complexity index is 251. The zero-order valence-corrected chi connectivity index (χ0v) is 8.17. The summed E-state index contributed by atoms with van der Waals surface area (Å²) in [6, 6.07) is 0. The van der Waals surface area contributed by atoms with Crippen molar-refractivity contribution in [2.45, 2.75) is 31.2 Å². The fourth-order valence-electron chi connectivity index (χ4n) is 1.06. The monoisotopic (exact) mass is 206 g/mol. The molecule has 13 heavy (non-hydrogen) atoms. The van der Waals surface area contributed by atoms with Gasteiger partial charge in [0.15, 0.2) is 4.87 Å². The first-order chi connectivity index (χ1) is 5.88. The number of carbonyl (C=O) groups is 2. The summed E-state index contributed by atoms with van der Waals surface area (Å²) >= 11 is 5.74. The van der Waals surface area contributed by atoms with Crippen LogP contribution in [0.4, 0.5) is 0 Å². The number of esters is 1. The predicted molar refractivity (Wildman–Crippen MR) is 45.6 cm³/mol. The average Bonchev–Trinajstić information content (AvgIpc) is 2.62. The molecule has 0 aromatic heterocycles. The van der Waals surface area contributed by atoms with E-state index < -0.39 is 22.7 Å². The highest BCUT2D eigenvalue weighted by Gasteiger charge is 2.64. The van der Waals surface area contributed by atoms with Gasteiger partial charge in [-0.25, -0.2) is 0 Å². The molecule has 1 rings (SSSR count). The molecule has 1 fully saturated rings. The van der Waals surface area contributed by atoms with E-state index in [0.29, 0.717) is 0 Å². The van der Waals surface area contributed by atoms with Crippen molar-refractivity contribution in [3.05, 3.63) is 0 Å². The third-order valence-corrected chi connectivity index (χ3v) is 2.45. The van der Waals surface area contributed by atoms with Gasteiger partial charge < -0.3 is 9.84 Å². The minimum absolute atomic E-state index is 0.162. The SMILES string of the molecule is CC(C)OC(=O)C1(Cl)CC1C(=O)O. The van der Waals surface area contributed by atoms with Gasteiger partial charge in [0.25, 0.3) is 0 Å². The summed E-state index contributed by atoms with van der Waals surface area (Å²) in [5.74, 6) is -2.47. The fraction of sp³-hybridized carbons (Fsp3) is 0.750. The van der Waals surface area contributed by atoms with Gasteiger partial charge in [-0.1, -0.05) is 0 Å². The van der Waals surface area contributed by atoms with Crippen molar-refractivity contribution in [1.29, 1.82) is 0 Å². The number of carboxylic acids is 1. The lowest BCUT2D eigenvalue weighted by molar-refractivity contribution is -0.150. The quantitative estimate of drug-likeness (QED) is 0.553. The fourth-order valence-corrected chi connectivity index (χ4v) is 1.35. The first-order valence-corrected chi connectivity index (χ1v) is 4.38. The standard InChI is InChI=1S/C8H11ClO4/c1-4(2)13-7(12)8(9)3-5(8)6(10)11/h4-5H,3H2,1-2H3,(H,10,11). The molecule has 2 atom stereocenters. The number of hydrogen-bond acceptors (Lipinski definition) is 3. The predicted octanol–water partition coefficient (Wildman–Crippen LogP) is 1.02. The van der Waals surface area contributed by atoms with E-state index in [1.165, 1.54) is 0 Å². The number of ether oxygens (including phenoxy) is 1. The van der Waals surface area contributed by atoms with Gasteiger partial charge in [-0.3, -0.25) is 9.59 Å². The molecule has 4 nitrogen and oxygen atoms in total. The highest BCUT2D eigenvalue weighted by molar-refractivity contribution is 6.38. The Balaban J connectivity index is 2.55. The molecule has 2 unspecified atom stereocenters. The van der Waals surface area contributed by atoms with E-state index in [0.717, 1.165) is 0 Å². The zero-order chi connectivity index (χ0) is 10.2. The van der Waals surface area contributed by atoms with Crippen molar-refractivity contribution in [2.75, 3.05) is 0 Å². The maximum atomic E-state index is 11.2. The first kappa shape index (κ1) is 10.3. The molecule has 1 aliphatic rings. The summed E-state index contributed by atoms with van der Waals surface area (Å²) in [5.41, 5.74) is 0. The Hall–Kier alpha value is -0.770. The Kier molecular flexibility index (Phi) is 2.52. The topological polar surface area (TPSA) is 63.6 Å². The molecule has 0 saturated heterocycles. The zero-order valence-electron chi connectivity index (χ0n) is 7.41. The number of carbonyl (C=O) groups excluding carboxylic acids is 1. The highest BCUT2D eigenvalue weighted by atomic mass is 35.5. The van der Waals surface area contributed by atoms with Crippen LogP contribution in [0.1, 0.15) is 20.3 Å². The third-order valence-electron chi connectivity index (χ3n) is 1.87. The van der Waals surface area contributed by atoms with Crippen molar-refractivity contribution >= 4 is 23.5 Å². The average molecular weight is 207 g/mol. The summed E-state index contributed by atoms with van der Waals surface area (Å²) in [6.07, 6.45) is -0.103. The van der Waals surface area contributed by atoms with Crippen LogP contribution in [0.3, 0.4) is 0 Å². The van der Waals surface area contributed by atoms with Gasteiger partial charge in [-0.05, 0) is 20.3 Å². The lowest BCUT2D eigenvalue weighted by Crippen LogP contribution is -2.26. The molecule has 0 aromatic carbocycles. The summed E-state index contributed by atoms with van der Waals surface area (Å²) in [4.78, 5) is 20.4. The molecule has 0 heterocycles. The van der Waals surface area contributed by atoms with E-state index >= 15 is 0 Å². The van der Waals surface area contributed by atoms with Gasteiger partial charge in [0, 0.05) is 0 Å². The van der Waals surface area contributed by atoms with Crippen LogP contribution in [0.25, 0.3) is 0 Å². The van der Waals surface area contributed by atoms with Crippen molar-refractivity contribution < 1.29 is 19.4 Å². The van der Waals surface area contributed by atoms with Crippen molar-refractivity contribution in [3.8, 4) is 0 Å². The molecular weight excluding hydrogens is 196 g/mol. The molecule has 0 aromatic rings. The van der Waals surface area contributed by atoms with E-state index in [9.17, 15) is 9.59 Å². The van der Waals surface area contributed by atoms with Crippen molar-refractivity contribution in [3.63, 3.8) is 0 Å². The molecule has 0 bridgehead atoms. The number of aliphatic carboxylic acids is 1. The number of halogens is 1. The number of rotatable bonds is 3. The van der Waals surface area contributed by atoms with Crippen LogP contribution in [0.5, 0.6) is 0 Å². The lowest BCUT2D eigenvalue weighted by Gasteiger charge is -2.11. The molecule has 0 radical (unpaired) electrons. The Labute approximate surface area is 80.8 Å². The van der Waals surface area contributed by atoms with Gasteiger partial charge in [0.1, 0.15) is 0 Å². The first-order valence-electron chi connectivity index (χ1n) is 4.00. The van der Waals surface area contributed by atoms with Gasteiger partial charge in [0.2, 0.25) is 0 Å². The lowest BCUT2D eigenvalue weighted by atomic mass is 10.3. The number of hydrogen-bond donors (Lipinski definition) is 1. The van der Waals surface area contributed by atoms with E-state index in [1.807, 2.05) is 0 Å². The van der Waals surface area contributed by atoms with E-state index in [2.05, 4.69) is 0 Å². The molecule has 1 aliphatic carbocycles. The molecule has 0 amide bonds. The summed E-state index contributed by atoms with van der Waals surface area (Å²) in [5, 5.41) is 8.58. The summed E-state index contributed by atoms with van der Waals surface area (Å²) < 4.78 is 4.82. The molecule has 0 aliphatic heterocycles. The van der Waals surface area contributed by atoms with Crippen LogP contribution >= 0.6 is 11.6 Å². The molecule has 0 spiro atoms. The third kappa shape index (κ3) is 1.94. The van der Waals surface area contributed by atoms with Gasteiger partial charge >= 0.3 is 11.9 Å². The van der Waals surface area contributed by atoms with Crippen LogP contribution < -0.4 is 0 Å². The number of alkyl halides is 1. The van der Waals surface area contributed by atoms with E-state index in [4.69, 9.17) is 21.4 Å². The van der Waals surface area contributed by atoms with Crippen LogP contribution in [-0.4, -0.2) is 28.0 Å². The Morgan fingerprint density at radius 2 is 2.15 bits per heavy atom. The number of carboxylic acid groups (broad SMARTS) is 1.